The second kappa shape index (κ2) is 4.99. The van der Waals surface area contributed by atoms with E-state index in [1.54, 1.807) is 0 Å². The molecule has 1 atom stereocenters. The zero-order chi connectivity index (χ0) is 14.3. The van der Waals surface area contributed by atoms with Crippen LogP contribution in [0.2, 0.25) is 0 Å². The lowest BCUT2D eigenvalue weighted by Gasteiger charge is -2.29. The van der Waals surface area contributed by atoms with E-state index >= 15 is 0 Å². The van der Waals surface area contributed by atoms with E-state index in [1.165, 1.54) is 37.1 Å². The van der Waals surface area contributed by atoms with Gasteiger partial charge in [-0.3, -0.25) is 4.90 Å². The summed E-state index contributed by atoms with van der Waals surface area (Å²) in [6, 6.07) is 22.4. The molecule has 1 aliphatic carbocycles. The Morgan fingerprint density at radius 2 is 1.43 bits per heavy atom. The van der Waals surface area contributed by atoms with E-state index in [-0.39, 0.29) is 0 Å². The van der Waals surface area contributed by atoms with Crippen molar-refractivity contribution >= 4 is 0 Å². The van der Waals surface area contributed by atoms with Crippen molar-refractivity contribution in [3.05, 3.63) is 71.8 Å². The van der Waals surface area contributed by atoms with Crippen LogP contribution in [0.5, 0.6) is 0 Å². The first kappa shape index (κ1) is 13.1. The van der Waals surface area contributed by atoms with Crippen LogP contribution in [0.3, 0.4) is 0 Å². The summed E-state index contributed by atoms with van der Waals surface area (Å²) in [5, 5.41) is 0. The Hall–Kier alpha value is -1.60. The highest BCUT2D eigenvalue weighted by Crippen LogP contribution is 2.57. The van der Waals surface area contributed by atoms with Gasteiger partial charge in [-0.2, -0.15) is 0 Å². The van der Waals surface area contributed by atoms with Crippen molar-refractivity contribution in [2.75, 3.05) is 13.1 Å². The van der Waals surface area contributed by atoms with Crippen LogP contribution in [0, 0.1) is 11.3 Å². The maximum Gasteiger partial charge on any atom is 0.0602 e. The van der Waals surface area contributed by atoms with E-state index in [1.807, 2.05) is 0 Å². The topological polar surface area (TPSA) is 3.24 Å². The molecule has 0 bridgehead atoms. The van der Waals surface area contributed by atoms with Gasteiger partial charge in [0.1, 0.15) is 0 Å². The largest absolute Gasteiger partial charge is 0.292 e. The fraction of sp³-hybridized carbons (Fsp3) is 0.400. The fourth-order valence-electron chi connectivity index (χ4n) is 4.06. The Bertz CT molecular complexity index is 561. The van der Waals surface area contributed by atoms with Gasteiger partial charge in [0, 0.05) is 13.1 Å². The van der Waals surface area contributed by atoms with E-state index in [4.69, 9.17) is 0 Å². The van der Waals surface area contributed by atoms with Gasteiger partial charge in [0.15, 0.2) is 0 Å². The van der Waals surface area contributed by atoms with Gasteiger partial charge >= 0.3 is 0 Å². The molecule has 21 heavy (non-hydrogen) atoms. The van der Waals surface area contributed by atoms with Crippen molar-refractivity contribution in [3.8, 4) is 0 Å². The van der Waals surface area contributed by atoms with E-state index in [9.17, 15) is 0 Å². The lowest BCUT2D eigenvalue weighted by atomic mass is 9.95. The molecule has 0 N–H and O–H groups in total. The van der Waals surface area contributed by atoms with Gasteiger partial charge in [-0.15, -0.1) is 0 Å². The van der Waals surface area contributed by atoms with E-state index < -0.39 is 0 Å². The third-order valence-electron chi connectivity index (χ3n) is 5.56. The Kier molecular flexibility index (Phi) is 3.11. The lowest BCUT2D eigenvalue weighted by molar-refractivity contribution is 0.265. The van der Waals surface area contributed by atoms with E-state index in [2.05, 4.69) is 72.5 Å². The van der Waals surface area contributed by atoms with Gasteiger partial charge in [-0.1, -0.05) is 67.6 Å². The molecule has 0 radical (unpaired) electrons. The fourth-order valence-corrected chi connectivity index (χ4v) is 4.06. The predicted octanol–water partition coefficient (Wildman–Crippen LogP) is 4.51. The molecular formula is C20H23N. The lowest BCUT2D eigenvalue weighted by Crippen LogP contribution is -2.28. The molecule has 0 aromatic heterocycles. The van der Waals surface area contributed by atoms with Crippen molar-refractivity contribution in [1.29, 1.82) is 0 Å². The molecule has 0 unspecified atom stereocenters. The molecule has 2 aromatic carbocycles. The summed E-state index contributed by atoms with van der Waals surface area (Å²) in [6.07, 6.45) is 2.86. The quantitative estimate of drug-likeness (QED) is 0.798. The molecule has 1 spiro atoms. The third kappa shape index (κ3) is 2.30. The van der Waals surface area contributed by atoms with Gasteiger partial charge in [0.05, 0.1) is 6.04 Å². The summed E-state index contributed by atoms with van der Waals surface area (Å²) in [4.78, 5) is 2.71. The Morgan fingerprint density at radius 3 is 1.86 bits per heavy atom. The smallest absolute Gasteiger partial charge is 0.0602 e. The highest BCUT2D eigenvalue weighted by Gasteiger charge is 2.53. The maximum absolute atomic E-state index is 2.71. The molecule has 108 valence electrons. The van der Waals surface area contributed by atoms with Gasteiger partial charge in [0.25, 0.3) is 0 Å². The molecule has 1 nitrogen and oxygen atoms in total. The summed E-state index contributed by atoms with van der Waals surface area (Å²) in [6.45, 7) is 4.94. The van der Waals surface area contributed by atoms with Gasteiger partial charge in [-0.05, 0) is 35.3 Å². The average molecular weight is 277 g/mol. The molecule has 1 saturated heterocycles. The predicted molar refractivity (Wildman–Crippen MR) is 87.1 cm³/mol. The molecule has 2 aliphatic rings. The zero-order valence-corrected chi connectivity index (χ0v) is 12.7. The summed E-state index contributed by atoms with van der Waals surface area (Å²) in [5.74, 6) is 0.840. The van der Waals surface area contributed by atoms with Crippen molar-refractivity contribution in [2.45, 2.75) is 25.8 Å². The minimum absolute atomic E-state index is 0.412. The van der Waals surface area contributed by atoms with Crippen molar-refractivity contribution in [1.82, 2.24) is 4.90 Å². The van der Waals surface area contributed by atoms with Gasteiger partial charge in [0.2, 0.25) is 0 Å². The first-order chi connectivity index (χ1) is 10.3. The second-order valence-electron chi connectivity index (χ2n) is 6.92. The normalized spacial score (nSPS) is 23.8. The summed E-state index contributed by atoms with van der Waals surface area (Å²) in [7, 11) is 0. The minimum atomic E-state index is 0.412. The monoisotopic (exact) mass is 277 g/mol. The first-order valence-corrected chi connectivity index (χ1v) is 8.12. The average Bonchev–Trinajstić information content (AvgIpc) is 3.23. The van der Waals surface area contributed by atoms with Crippen LogP contribution < -0.4 is 0 Å². The number of nitrogens with zero attached hydrogens (tertiary/aromatic N) is 1. The van der Waals surface area contributed by atoms with Crippen LogP contribution >= 0.6 is 0 Å². The summed E-state index contributed by atoms with van der Waals surface area (Å²) in [5.41, 5.74) is 3.49. The molecular weight excluding hydrogens is 254 g/mol. The van der Waals surface area contributed by atoms with Crippen LogP contribution in [-0.4, -0.2) is 18.0 Å². The van der Waals surface area contributed by atoms with E-state index in [0.29, 0.717) is 11.5 Å². The second-order valence-corrected chi connectivity index (χ2v) is 6.92. The van der Waals surface area contributed by atoms with Crippen LogP contribution in [0.15, 0.2) is 60.7 Å². The van der Waals surface area contributed by atoms with Crippen LogP contribution in [-0.2, 0) is 0 Å². The number of rotatable bonds is 3. The standard InChI is InChI=1S/C20H23N/c1-16-14-21(15-20(16)12-13-20)19(17-8-4-2-5-9-17)18-10-6-3-7-11-18/h2-11,16,19H,12-15H2,1H3/t16-/m1/s1. The number of benzene rings is 2. The molecule has 4 rings (SSSR count). The van der Waals surface area contributed by atoms with Crippen molar-refractivity contribution in [3.63, 3.8) is 0 Å². The number of likely N-dealkylation sites (tertiary alicyclic amines) is 1. The number of hydrogen-bond donors (Lipinski definition) is 0. The molecule has 1 heterocycles. The van der Waals surface area contributed by atoms with Crippen LogP contribution in [0.4, 0.5) is 0 Å². The third-order valence-corrected chi connectivity index (χ3v) is 5.56. The highest BCUT2D eigenvalue weighted by atomic mass is 15.2. The van der Waals surface area contributed by atoms with Crippen LogP contribution in [0.1, 0.15) is 36.9 Å². The van der Waals surface area contributed by atoms with E-state index in [0.717, 1.165) is 5.92 Å². The SMILES string of the molecule is C[C@@H]1CN(C(c2ccccc2)c2ccccc2)CC12CC2. The summed E-state index contributed by atoms with van der Waals surface area (Å²) < 4.78 is 0. The maximum atomic E-state index is 2.71. The van der Waals surface area contributed by atoms with Crippen molar-refractivity contribution < 1.29 is 0 Å². The zero-order valence-electron chi connectivity index (χ0n) is 12.7. The van der Waals surface area contributed by atoms with Gasteiger partial charge in [-0.25, -0.2) is 0 Å². The molecule has 1 aliphatic heterocycles. The minimum Gasteiger partial charge on any atom is -0.292 e. The molecule has 1 saturated carbocycles. The first-order valence-electron chi connectivity index (χ1n) is 8.12. The van der Waals surface area contributed by atoms with Crippen LogP contribution in [0.25, 0.3) is 0 Å². The van der Waals surface area contributed by atoms with Gasteiger partial charge < -0.3 is 0 Å². The molecule has 2 aromatic rings. The van der Waals surface area contributed by atoms with Crippen molar-refractivity contribution in [2.24, 2.45) is 11.3 Å². The molecule has 0 amide bonds. The molecule has 2 fully saturated rings. The Balaban J connectivity index is 1.71. The molecule has 1 heteroatoms. The Labute approximate surface area is 127 Å². The highest BCUT2D eigenvalue weighted by molar-refractivity contribution is 5.32. The Morgan fingerprint density at radius 1 is 0.905 bits per heavy atom. The number of hydrogen-bond acceptors (Lipinski definition) is 1. The summed E-state index contributed by atoms with van der Waals surface area (Å²) >= 11 is 0.